The first-order valence-electron chi connectivity index (χ1n) is 12.4. The fraction of sp³-hybridized carbons (Fsp3) is 0. The summed E-state index contributed by atoms with van der Waals surface area (Å²) < 4.78 is 2.27. The molecule has 0 unspecified atom stereocenters. The van der Waals surface area contributed by atoms with Crippen molar-refractivity contribution in [3.8, 4) is 39.3 Å². The second kappa shape index (κ2) is 8.89. The smallest absolute Gasteiger partial charge is 0.159 e. The van der Waals surface area contributed by atoms with Gasteiger partial charge in [0.1, 0.15) is 0 Å². The van der Waals surface area contributed by atoms with Crippen LogP contribution in [0.25, 0.3) is 61.1 Å². The zero-order valence-corrected chi connectivity index (χ0v) is 20.1. The van der Waals surface area contributed by atoms with Gasteiger partial charge < -0.3 is 4.57 Å². The van der Waals surface area contributed by atoms with Gasteiger partial charge in [-0.05, 0) is 46.5 Å². The second-order valence-electron chi connectivity index (χ2n) is 9.16. The molecule has 3 nitrogen and oxygen atoms in total. The molecule has 7 aromatic rings. The van der Waals surface area contributed by atoms with Crippen LogP contribution in [0.4, 0.5) is 0 Å². The standard InChI is InChI=1S/C34H23N3/c1-4-10-24(11-5-1)27-16-18-32-30(20-27)31-21-28(25-12-6-2-7-13-25)17-19-33(31)37(32)29-22-35-34(36-23-29)26-14-8-3-9-15-26/h1-23H. The van der Waals surface area contributed by atoms with Crippen molar-refractivity contribution in [1.82, 2.24) is 14.5 Å². The minimum atomic E-state index is 0.725. The van der Waals surface area contributed by atoms with Gasteiger partial charge in [0.25, 0.3) is 0 Å². The number of fused-ring (bicyclic) bond motifs is 3. The fourth-order valence-corrected chi connectivity index (χ4v) is 5.09. The van der Waals surface area contributed by atoms with E-state index in [1.807, 2.05) is 42.7 Å². The highest BCUT2D eigenvalue weighted by Crippen LogP contribution is 2.37. The number of aromatic nitrogens is 3. The molecular weight excluding hydrogens is 450 g/mol. The Kier molecular flexibility index (Phi) is 5.11. The van der Waals surface area contributed by atoms with E-state index in [0.29, 0.717) is 0 Å². The van der Waals surface area contributed by atoms with Crippen LogP contribution in [0.15, 0.2) is 140 Å². The maximum absolute atomic E-state index is 4.72. The van der Waals surface area contributed by atoms with Crippen LogP contribution < -0.4 is 0 Å². The molecule has 7 rings (SSSR count). The van der Waals surface area contributed by atoms with Gasteiger partial charge in [0.15, 0.2) is 5.82 Å². The minimum Gasteiger partial charge on any atom is -0.306 e. The molecule has 0 N–H and O–H groups in total. The normalized spacial score (nSPS) is 11.2. The molecule has 174 valence electrons. The Balaban J connectivity index is 1.45. The third-order valence-corrected chi connectivity index (χ3v) is 6.91. The number of rotatable bonds is 4. The van der Waals surface area contributed by atoms with Crippen molar-refractivity contribution in [3.05, 3.63) is 140 Å². The van der Waals surface area contributed by atoms with E-state index in [1.165, 1.54) is 33.0 Å². The summed E-state index contributed by atoms with van der Waals surface area (Å²) in [6.07, 6.45) is 3.84. The molecule has 0 amide bonds. The molecule has 37 heavy (non-hydrogen) atoms. The highest BCUT2D eigenvalue weighted by Gasteiger charge is 2.15. The molecule has 2 aromatic heterocycles. The van der Waals surface area contributed by atoms with E-state index in [0.717, 1.165) is 28.1 Å². The summed E-state index contributed by atoms with van der Waals surface area (Å²) in [6.45, 7) is 0. The molecule has 0 spiro atoms. The van der Waals surface area contributed by atoms with Crippen molar-refractivity contribution >= 4 is 21.8 Å². The van der Waals surface area contributed by atoms with Gasteiger partial charge >= 0.3 is 0 Å². The van der Waals surface area contributed by atoms with Crippen LogP contribution in [0.5, 0.6) is 0 Å². The number of benzene rings is 5. The predicted octanol–water partition coefficient (Wildman–Crippen LogP) is 8.57. The van der Waals surface area contributed by atoms with Gasteiger partial charge in [0.05, 0.1) is 29.1 Å². The maximum atomic E-state index is 4.72. The molecule has 0 aliphatic heterocycles. The summed E-state index contributed by atoms with van der Waals surface area (Å²) in [5, 5.41) is 2.42. The van der Waals surface area contributed by atoms with Crippen molar-refractivity contribution in [2.24, 2.45) is 0 Å². The molecular formula is C34H23N3. The Morgan fingerprint density at radius 1 is 0.405 bits per heavy atom. The Morgan fingerprint density at radius 2 is 0.838 bits per heavy atom. The van der Waals surface area contributed by atoms with E-state index in [1.54, 1.807) is 0 Å². The van der Waals surface area contributed by atoms with E-state index in [4.69, 9.17) is 9.97 Å². The highest BCUT2D eigenvalue weighted by molar-refractivity contribution is 6.11. The van der Waals surface area contributed by atoms with Gasteiger partial charge in [-0.3, -0.25) is 0 Å². The maximum Gasteiger partial charge on any atom is 0.159 e. The minimum absolute atomic E-state index is 0.725. The molecule has 0 aliphatic carbocycles. The van der Waals surface area contributed by atoms with E-state index < -0.39 is 0 Å². The van der Waals surface area contributed by atoms with E-state index in [-0.39, 0.29) is 0 Å². The number of nitrogens with zero attached hydrogens (tertiary/aromatic N) is 3. The molecule has 0 fully saturated rings. The van der Waals surface area contributed by atoms with Crippen LogP contribution in [0, 0.1) is 0 Å². The summed E-state index contributed by atoms with van der Waals surface area (Å²) in [5.41, 5.74) is 9.05. The first-order valence-corrected chi connectivity index (χ1v) is 12.4. The second-order valence-corrected chi connectivity index (χ2v) is 9.16. The number of hydrogen-bond acceptors (Lipinski definition) is 2. The van der Waals surface area contributed by atoms with Crippen LogP contribution in [0.1, 0.15) is 0 Å². The molecule has 3 heteroatoms. The lowest BCUT2D eigenvalue weighted by atomic mass is 10.0. The largest absolute Gasteiger partial charge is 0.306 e. The lowest BCUT2D eigenvalue weighted by Gasteiger charge is -2.09. The summed E-state index contributed by atoms with van der Waals surface area (Å²) >= 11 is 0. The highest BCUT2D eigenvalue weighted by atomic mass is 15.0. The molecule has 5 aromatic carbocycles. The molecule has 0 saturated carbocycles. The first kappa shape index (κ1) is 21.3. The van der Waals surface area contributed by atoms with E-state index >= 15 is 0 Å². The van der Waals surface area contributed by atoms with Gasteiger partial charge in [-0.25, -0.2) is 9.97 Å². The van der Waals surface area contributed by atoms with E-state index in [2.05, 4.69) is 102 Å². The topological polar surface area (TPSA) is 30.7 Å². The lowest BCUT2D eigenvalue weighted by Crippen LogP contribution is -1.97. The molecule has 0 aliphatic rings. The predicted molar refractivity (Wildman–Crippen MR) is 153 cm³/mol. The van der Waals surface area contributed by atoms with Crippen molar-refractivity contribution in [3.63, 3.8) is 0 Å². The fourth-order valence-electron chi connectivity index (χ4n) is 5.09. The average Bonchev–Trinajstić information content (AvgIpc) is 3.31. The number of hydrogen-bond donors (Lipinski definition) is 0. The van der Waals surface area contributed by atoms with Gasteiger partial charge in [0, 0.05) is 16.3 Å². The Labute approximate surface area is 215 Å². The Hall–Kier alpha value is -5.02. The molecule has 0 atom stereocenters. The zero-order valence-electron chi connectivity index (χ0n) is 20.1. The van der Waals surface area contributed by atoms with Crippen LogP contribution in [0.3, 0.4) is 0 Å². The summed E-state index contributed by atoms with van der Waals surface area (Å²) in [5.74, 6) is 0.725. The van der Waals surface area contributed by atoms with Crippen LogP contribution in [-0.4, -0.2) is 14.5 Å². The Bertz CT molecular complexity index is 1740. The van der Waals surface area contributed by atoms with Gasteiger partial charge in [-0.1, -0.05) is 103 Å². The van der Waals surface area contributed by atoms with Gasteiger partial charge in [-0.2, -0.15) is 0 Å². The van der Waals surface area contributed by atoms with E-state index in [9.17, 15) is 0 Å². The van der Waals surface area contributed by atoms with Crippen molar-refractivity contribution in [1.29, 1.82) is 0 Å². The molecule has 0 radical (unpaired) electrons. The molecule has 0 bridgehead atoms. The van der Waals surface area contributed by atoms with Crippen molar-refractivity contribution in [2.75, 3.05) is 0 Å². The Morgan fingerprint density at radius 3 is 1.30 bits per heavy atom. The first-order chi connectivity index (χ1) is 18.3. The molecule has 2 heterocycles. The molecule has 0 saturated heterocycles. The third kappa shape index (κ3) is 3.78. The quantitative estimate of drug-likeness (QED) is 0.256. The third-order valence-electron chi connectivity index (χ3n) is 6.91. The monoisotopic (exact) mass is 473 g/mol. The SMILES string of the molecule is c1ccc(-c2ccc3c(c2)c2cc(-c4ccccc4)ccc2n3-c2cnc(-c3ccccc3)nc2)cc1. The lowest BCUT2D eigenvalue weighted by molar-refractivity contribution is 1.08. The summed E-state index contributed by atoms with van der Waals surface area (Å²) in [7, 11) is 0. The van der Waals surface area contributed by atoms with Crippen LogP contribution in [-0.2, 0) is 0 Å². The van der Waals surface area contributed by atoms with Crippen molar-refractivity contribution < 1.29 is 0 Å². The van der Waals surface area contributed by atoms with Crippen LogP contribution >= 0.6 is 0 Å². The van der Waals surface area contributed by atoms with Gasteiger partial charge in [-0.15, -0.1) is 0 Å². The summed E-state index contributed by atoms with van der Waals surface area (Å²) in [6, 6.07) is 44.6. The average molecular weight is 474 g/mol. The zero-order chi connectivity index (χ0) is 24.6. The van der Waals surface area contributed by atoms with Crippen LogP contribution in [0.2, 0.25) is 0 Å². The van der Waals surface area contributed by atoms with Crippen molar-refractivity contribution in [2.45, 2.75) is 0 Å². The summed E-state index contributed by atoms with van der Waals surface area (Å²) in [4.78, 5) is 9.43. The van der Waals surface area contributed by atoms with Gasteiger partial charge in [0.2, 0.25) is 0 Å².